The minimum atomic E-state index is -0.299. The van der Waals surface area contributed by atoms with Crippen LogP contribution in [0.4, 0.5) is 4.39 Å². The van der Waals surface area contributed by atoms with Crippen molar-refractivity contribution in [1.29, 1.82) is 0 Å². The molecule has 0 spiro atoms. The van der Waals surface area contributed by atoms with Gasteiger partial charge >= 0.3 is 0 Å². The number of hydrogen-bond acceptors (Lipinski definition) is 3. The van der Waals surface area contributed by atoms with Crippen LogP contribution in [0.15, 0.2) is 22.7 Å². The fourth-order valence-corrected chi connectivity index (χ4v) is 1.96. The van der Waals surface area contributed by atoms with Gasteiger partial charge in [-0.15, -0.1) is 0 Å². The number of nitrogens with zero attached hydrogens (tertiary/aromatic N) is 1. The lowest BCUT2D eigenvalue weighted by molar-refractivity contribution is 0.285. The number of halogens is 2. The van der Waals surface area contributed by atoms with Crippen LogP contribution in [0, 0.1) is 5.82 Å². The van der Waals surface area contributed by atoms with Crippen LogP contribution in [-0.4, -0.2) is 44.2 Å². The molecule has 1 N–H and O–H groups in total. The van der Waals surface area contributed by atoms with Crippen molar-refractivity contribution < 1.29 is 9.13 Å². The summed E-state index contributed by atoms with van der Waals surface area (Å²) in [6.45, 7) is 9.76. The van der Waals surface area contributed by atoms with Crippen LogP contribution < -0.4 is 10.1 Å². The highest BCUT2D eigenvalue weighted by Crippen LogP contribution is 2.20. The maximum Gasteiger partial charge on any atom is 0.141 e. The Labute approximate surface area is 123 Å². The van der Waals surface area contributed by atoms with E-state index in [1.54, 1.807) is 12.1 Å². The Morgan fingerprint density at radius 1 is 1.26 bits per heavy atom. The van der Waals surface area contributed by atoms with Crippen molar-refractivity contribution in [2.24, 2.45) is 0 Å². The van der Waals surface area contributed by atoms with E-state index in [9.17, 15) is 4.39 Å². The van der Waals surface area contributed by atoms with E-state index in [0.717, 1.165) is 32.7 Å². The highest BCUT2D eigenvalue weighted by atomic mass is 79.9. The summed E-state index contributed by atoms with van der Waals surface area (Å²) < 4.78 is 19.1. The Morgan fingerprint density at radius 3 is 2.63 bits per heavy atom. The van der Waals surface area contributed by atoms with Crippen LogP contribution in [0.25, 0.3) is 0 Å². The summed E-state index contributed by atoms with van der Waals surface area (Å²) in [4.78, 5) is 2.36. The Hall–Kier alpha value is -0.650. The number of ether oxygens (including phenoxy) is 1. The van der Waals surface area contributed by atoms with Gasteiger partial charge in [-0.1, -0.05) is 13.8 Å². The second-order valence-corrected chi connectivity index (χ2v) is 5.06. The zero-order valence-electron chi connectivity index (χ0n) is 11.6. The first-order valence-electron chi connectivity index (χ1n) is 6.68. The lowest BCUT2D eigenvalue weighted by Crippen LogP contribution is -2.33. The fraction of sp³-hybridized carbons (Fsp3) is 0.571. The van der Waals surface area contributed by atoms with Gasteiger partial charge in [0.05, 0.1) is 4.47 Å². The smallest absolute Gasteiger partial charge is 0.141 e. The van der Waals surface area contributed by atoms with Gasteiger partial charge in [-0.3, -0.25) is 0 Å². The quantitative estimate of drug-likeness (QED) is 0.704. The molecule has 0 saturated heterocycles. The molecule has 0 atom stereocenters. The maximum absolute atomic E-state index is 13.2. The van der Waals surface area contributed by atoms with Gasteiger partial charge in [0.1, 0.15) is 18.2 Å². The standard InChI is InChI=1S/C14H22BrFN2O/c1-3-18(4-2)9-7-17-8-10-19-12-5-6-13(15)14(16)11-12/h5-6,11,17H,3-4,7-10H2,1-2H3. The highest BCUT2D eigenvalue weighted by molar-refractivity contribution is 9.10. The molecule has 1 aromatic rings. The molecule has 1 aromatic carbocycles. The normalized spacial score (nSPS) is 11.0. The number of benzene rings is 1. The van der Waals surface area contributed by atoms with Gasteiger partial charge in [-0.25, -0.2) is 4.39 Å². The molecule has 0 aromatic heterocycles. The molecule has 3 nitrogen and oxygen atoms in total. The second-order valence-electron chi connectivity index (χ2n) is 4.20. The van der Waals surface area contributed by atoms with Gasteiger partial charge in [-0.05, 0) is 41.2 Å². The molecular formula is C14H22BrFN2O. The van der Waals surface area contributed by atoms with Crippen LogP contribution in [0.5, 0.6) is 5.75 Å². The largest absolute Gasteiger partial charge is 0.492 e. The van der Waals surface area contributed by atoms with E-state index in [2.05, 4.69) is 40.0 Å². The third-order valence-corrected chi connectivity index (χ3v) is 3.58. The zero-order chi connectivity index (χ0) is 14.1. The average Bonchev–Trinajstić information content (AvgIpc) is 2.42. The van der Waals surface area contributed by atoms with Crippen molar-refractivity contribution >= 4 is 15.9 Å². The molecule has 0 radical (unpaired) electrons. The predicted octanol–water partition coefficient (Wildman–Crippen LogP) is 2.90. The van der Waals surface area contributed by atoms with Gasteiger partial charge in [-0.2, -0.15) is 0 Å². The van der Waals surface area contributed by atoms with Gasteiger partial charge in [0.25, 0.3) is 0 Å². The molecule has 0 aliphatic heterocycles. The summed E-state index contributed by atoms with van der Waals surface area (Å²) in [7, 11) is 0. The molecule has 0 aliphatic rings. The Bertz CT molecular complexity index is 372. The van der Waals surface area contributed by atoms with Crippen molar-refractivity contribution in [3.63, 3.8) is 0 Å². The second kappa shape index (κ2) is 9.28. The number of rotatable bonds is 9. The number of hydrogen-bond donors (Lipinski definition) is 1. The van der Waals surface area contributed by atoms with E-state index in [0.29, 0.717) is 16.8 Å². The number of likely N-dealkylation sites (N-methyl/N-ethyl adjacent to an activating group) is 1. The molecule has 0 aliphatic carbocycles. The summed E-state index contributed by atoms with van der Waals surface area (Å²) >= 11 is 3.11. The summed E-state index contributed by atoms with van der Waals surface area (Å²) in [5, 5.41) is 3.31. The van der Waals surface area contributed by atoms with Crippen LogP contribution >= 0.6 is 15.9 Å². The SMILES string of the molecule is CCN(CC)CCNCCOc1ccc(Br)c(F)c1. The van der Waals surface area contributed by atoms with E-state index in [1.807, 2.05) is 0 Å². The third-order valence-electron chi connectivity index (χ3n) is 2.94. The number of nitrogens with one attached hydrogen (secondary N) is 1. The van der Waals surface area contributed by atoms with Crippen LogP contribution in [-0.2, 0) is 0 Å². The molecule has 0 saturated carbocycles. The predicted molar refractivity (Wildman–Crippen MR) is 80.3 cm³/mol. The lowest BCUT2D eigenvalue weighted by atomic mass is 10.3. The van der Waals surface area contributed by atoms with Crippen molar-refractivity contribution in [1.82, 2.24) is 10.2 Å². The zero-order valence-corrected chi connectivity index (χ0v) is 13.2. The third kappa shape index (κ3) is 6.36. The van der Waals surface area contributed by atoms with E-state index in [1.165, 1.54) is 6.07 Å². The summed E-state index contributed by atoms with van der Waals surface area (Å²) in [6.07, 6.45) is 0. The molecule has 1 rings (SSSR count). The average molecular weight is 333 g/mol. The fourth-order valence-electron chi connectivity index (χ4n) is 1.71. The minimum absolute atomic E-state index is 0.299. The van der Waals surface area contributed by atoms with Gasteiger partial charge in [0.2, 0.25) is 0 Å². The maximum atomic E-state index is 13.2. The van der Waals surface area contributed by atoms with E-state index >= 15 is 0 Å². The van der Waals surface area contributed by atoms with Gasteiger partial charge in [0, 0.05) is 25.7 Å². The Kier molecular flexibility index (Phi) is 8.02. The first kappa shape index (κ1) is 16.4. The van der Waals surface area contributed by atoms with Crippen LogP contribution in [0.1, 0.15) is 13.8 Å². The van der Waals surface area contributed by atoms with Crippen molar-refractivity contribution in [3.05, 3.63) is 28.5 Å². The van der Waals surface area contributed by atoms with Crippen molar-refractivity contribution in [2.45, 2.75) is 13.8 Å². The van der Waals surface area contributed by atoms with Gasteiger partial charge in [0.15, 0.2) is 0 Å². The summed E-state index contributed by atoms with van der Waals surface area (Å²) in [5.74, 6) is 0.262. The first-order chi connectivity index (χ1) is 9.17. The molecule has 108 valence electrons. The molecular weight excluding hydrogens is 311 g/mol. The first-order valence-corrected chi connectivity index (χ1v) is 7.47. The topological polar surface area (TPSA) is 24.5 Å². The molecule has 0 heterocycles. The van der Waals surface area contributed by atoms with Crippen LogP contribution in [0.3, 0.4) is 0 Å². The summed E-state index contributed by atoms with van der Waals surface area (Å²) in [5.41, 5.74) is 0. The van der Waals surface area contributed by atoms with E-state index in [-0.39, 0.29) is 5.82 Å². The Morgan fingerprint density at radius 2 is 2.00 bits per heavy atom. The Balaban J connectivity index is 2.12. The molecule has 0 unspecified atom stereocenters. The molecule has 0 bridgehead atoms. The van der Waals surface area contributed by atoms with Crippen LogP contribution in [0.2, 0.25) is 0 Å². The monoisotopic (exact) mass is 332 g/mol. The van der Waals surface area contributed by atoms with Gasteiger partial charge < -0.3 is 15.0 Å². The summed E-state index contributed by atoms with van der Waals surface area (Å²) in [6, 6.07) is 4.79. The lowest BCUT2D eigenvalue weighted by Gasteiger charge is -2.18. The highest BCUT2D eigenvalue weighted by Gasteiger charge is 2.01. The molecule has 5 heteroatoms. The molecule has 0 amide bonds. The van der Waals surface area contributed by atoms with E-state index < -0.39 is 0 Å². The minimum Gasteiger partial charge on any atom is -0.492 e. The van der Waals surface area contributed by atoms with Crippen molar-refractivity contribution in [2.75, 3.05) is 39.3 Å². The molecule has 0 fully saturated rings. The van der Waals surface area contributed by atoms with Crippen molar-refractivity contribution in [3.8, 4) is 5.75 Å². The van der Waals surface area contributed by atoms with E-state index in [4.69, 9.17) is 4.74 Å². The molecule has 19 heavy (non-hydrogen) atoms.